The monoisotopic (exact) mass is 274 g/mol. The van der Waals surface area contributed by atoms with Gasteiger partial charge in [0.25, 0.3) is 0 Å². The molecule has 18 heavy (non-hydrogen) atoms. The van der Waals surface area contributed by atoms with Gasteiger partial charge in [0.15, 0.2) is 5.12 Å². The van der Waals surface area contributed by atoms with E-state index in [1.807, 2.05) is 0 Å². The van der Waals surface area contributed by atoms with E-state index in [2.05, 4.69) is 0 Å². The average molecular weight is 274 g/mol. The Balaban J connectivity index is 2.84. The summed E-state index contributed by atoms with van der Waals surface area (Å²) in [5, 5.41) is -0.0140. The number of hydrogen-bond acceptors (Lipinski definition) is 2. The summed E-state index contributed by atoms with van der Waals surface area (Å²) in [4.78, 5) is 10.7. The van der Waals surface area contributed by atoms with Gasteiger partial charge >= 0.3 is 6.18 Å². The fourth-order valence-corrected chi connectivity index (χ4v) is 1.85. The molecule has 0 atom stereocenters. The highest BCUT2D eigenvalue weighted by molar-refractivity contribution is 8.13. The molecule has 0 unspecified atom stereocenters. The number of rotatable bonds is 3. The van der Waals surface area contributed by atoms with E-state index in [1.54, 1.807) is 25.1 Å². The Bertz CT molecular complexity index is 464. The zero-order chi connectivity index (χ0) is 13.8. The molecule has 0 radical (unpaired) electrons. The number of halogens is 3. The molecular weight excluding hydrogens is 261 g/mol. The normalized spacial score (nSPS) is 12.1. The fourth-order valence-electron chi connectivity index (χ4n) is 1.42. The summed E-state index contributed by atoms with van der Waals surface area (Å²) >= 11 is 1.12. The lowest BCUT2D eigenvalue weighted by Gasteiger charge is -2.08. The summed E-state index contributed by atoms with van der Waals surface area (Å²) in [6, 6.07) is 3.88. The summed E-state index contributed by atoms with van der Waals surface area (Å²) < 4.78 is 37.7. The third-order valence-corrected chi connectivity index (χ3v) is 2.89. The van der Waals surface area contributed by atoms with E-state index in [1.165, 1.54) is 6.92 Å². The Labute approximate surface area is 108 Å². The van der Waals surface area contributed by atoms with Crippen molar-refractivity contribution in [2.75, 3.05) is 5.75 Å². The molecule has 1 nitrogen and oxygen atoms in total. The fraction of sp³-hybridized carbons (Fsp3) is 0.308. The van der Waals surface area contributed by atoms with Crippen molar-refractivity contribution in [2.24, 2.45) is 0 Å². The number of benzene rings is 1. The maximum absolute atomic E-state index is 12.6. The molecule has 0 aliphatic rings. The van der Waals surface area contributed by atoms with Crippen LogP contribution in [0.3, 0.4) is 0 Å². The summed E-state index contributed by atoms with van der Waals surface area (Å²) in [5.74, 6) is 0.463. The average Bonchev–Trinajstić information content (AvgIpc) is 2.22. The zero-order valence-corrected chi connectivity index (χ0v) is 10.9. The molecule has 0 amide bonds. The van der Waals surface area contributed by atoms with Crippen molar-refractivity contribution in [2.45, 2.75) is 20.0 Å². The van der Waals surface area contributed by atoms with Crippen LogP contribution in [0, 0.1) is 6.92 Å². The third-order valence-electron chi connectivity index (χ3n) is 2.12. The number of carbonyl (C=O) groups excluding carboxylic acids is 1. The van der Waals surface area contributed by atoms with Gasteiger partial charge in [0.05, 0.1) is 5.56 Å². The Morgan fingerprint density at radius 3 is 2.56 bits per heavy atom. The van der Waals surface area contributed by atoms with Gasteiger partial charge in [0, 0.05) is 12.7 Å². The van der Waals surface area contributed by atoms with Gasteiger partial charge in [-0.25, -0.2) is 0 Å². The van der Waals surface area contributed by atoms with Crippen molar-refractivity contribution in [1.82, 2.24) is 0 Å². The molecule has 0 aliphatic heterocycles. The molecule has 1 rings (SSSR count). The lowest BCUT2D eigenvalue weighted by Crippen LogP contribution is -2.05. The molecule has 0 aromatic heterocycles. The number of hydrogen-bond donors (Lipinski definition) is 0. The van der Waals surface area contributed by atoms with Crippen molar-refractivity contribution in [3.63, 3.8) is 0 Å². The summed E-state index contributed by atoms with van der Waals surface area (Å²) in [7, 11) is 0. The van der Waals surface area contributed by atoms with Gasteiger partial charge in [0.1, 0.15) is 0 Å². The molecule has 1 aromatic carbocycles. The van der Waals surface area contributed by atoms with Gasteiger partial charge in [0.2, 0.25) is 0 Å². The van der Waals surface area contributed by atoms with Crippen LogP contribution < -0.4 is 0 Å². The summed E-state index contributed by atoms with van der Waals surface area (Å²) in [5.41, 5.74) is 0.400. The van der Waals surface area contributed by atoms with E-state index in [4.69, 9.17) is 0 Å². The van der Waals surface area contributed by atoms with Crippen molar-refractivity contribution in [1.29, 1.82) is 0 Å². The van der Waals surface area contributed by atoms with Crippen LogP contribution in [-0.2, 0) is 11.0 Å². The number of carbonyl (C=O) groups is 1. The minimum absolute atomic E-state index is 0.0140. The first-order valence-electron chi connectivity index (χ1n) is 5.28. The number of alkyl halides is 3. The molecule has 0 bridgehead atoms. The van der Waals surface area contributed by atoms with E-state index >= 15 is 0 Å². The Morgan fingerprint density at radius 2 is 2.00 bits per heavy atom. The van der Waals surface area contributed by atoms with Gasteiger partial charge in [-0.15, -0.1) is 0 Å². The molecule has 5 heteroatoms. The first-order valence-corrected chi connectivity index (χ1v) is 6.26. The molecule has 0 fully saturated rings. The summed E-state index contributed by atoms with van der Waals surface area (Å²) in [6.07, 6.45) is -1.05. The first kappa shape index (κ1) is 14.8. The van der Waals surface area contributed by atoms with Crippen LogP contribution >= 0.6 is 11.8 Å². The van der Waals surface area contributed by atoms with E-state index < -0.39 is 11.7 Å². The zero-order valence-electron chi connectivity index (χ0n) is 10.0. The van der Waals surface area contributed by atoms with Crippen LogP contribution in [0.25, 0.3) is 6.08 Å². The van der Waals surface area contributed by atoms with Crippen LogP contribution in [0.4, 0.5) is 13.2 Å². The maximum Gasteiger partial charge on any atom is 0.416 e. The quantitative estimate of drug-likeness (QED) is 0.817. The summed E-state index contributed by atoms with van der Waals surface area (Å²) in [6.45, 7) is 3.07. The van der Waals surface area contributed by atoms with E-state index in [0.717, 1.165) is 23.9 Å². The standard InChI is InChI=1S/C13H13F3OS/c1-9-6-11(4-3-5-18-10(2)17)8-12(7-9)13(14,15)16/h3-4,6-8H,5H2,1-2H3. The SMILES string of the molecule is CC(=O)SCC=Cc1cc(C)cc(C(F)(F)F)c1. The van der Waals surface area contributed by atoms with E-state index in [9.17, 15) is 18.0 Å². The largest absolute Gasteiger partial charge is 0.416 e. The molecule has 0 N–H and O–H groups in total. The Hall–Kier alpha value is -1.23. The maximum atomic E-state index is 12.6. The number of aryl methyl sites for hydroxylation is 1. The Morgan fingerprint density at radius 1 is 1.33 bits per heavy atom. The first-order chi connectivity index (χ1) is 8.29. The topological polar surface area (TPSA) is 17.1 Å². The van der Waals surface area contributed by atoms with Gasteiger partial charge in [-0.3, -0.25) is 4.79 Å². The molecular formula is C13H13F3OS. The second-order valence-electron chi connectivity index (χ2n) is 3.84. The van der Waals surface area contributed by atoms with Crippen LogP contribution in [0.1, 0.15) is 23.6 Å². The van der Waals surface area contributed by atoms with Gasteiger partial charge in [-0.05, 0) is 30.2 Å². The smallest absolute Gasteiger partial charge is 0.288 e. The van der Waals surface area contributed by atoms with Crippen molar-refractivity contribution < 1.29 is 18.0 Å². The van der Waals surface area contributed by atoms with Crippen molar-refractivity contribution >= 4 is 23.0 Å². The van der Waals surface area contributed by atoms with Crippen LogP contribution in [0.5, 0.6) is 0 Å². The highest BCUT2D eigenvalue weighted by Crippen LogP contribution is 2.30. The van der Waals surface area contributed by atoms with Crippen LogP contribution in [0.2, 0.25) is 0 Å². The second-order valence-corrected chi connectivity index (χ2v) is 5.03. The van der Waals surface area contributed by atoms with Crippen LogP contribution in [-0.4, -0.2) is 10.9 Å². The predicted molar refractivity (Wildman–Crippen MR) is 68.4 cm³/mol. The highest BCUT2D eigenvalue weighted by Gasteiger charge is 2.30. The van der Waals surface area contributed by atoms with E-state index in [-0.39, 0.29) is 5.12 Å². The molecule has 0 saturated heterocycles. The molecule has 0 heterocycles. The van der Waals surface area contributed by atoms with Crippen molar-refractivity contribution in [3.8, 4) is 0 Å². The lowest BCUT2D eigenvalue weighted by atomic mass is 10.1. The van der Waals surface area contributed by atoms with Gasteiger partial charge < -0.3 is 0 Å². The van der Waals surface area contributed by atoms with E-state index in [0.29, 0.717) is 16.9 Å². The molecule has 0 spiro atoms. The minimum Gasteiger partial charge on any atom is -0.288 e. The predicted octanol–water partition coefficient (Wildman–Crippen LogP) is 4.31. The molecule has 1 aromatic rings. The van der Waals surface area contributed by atoms with Gasteiger partial charge in [-0.1, -0.05) is 30.0 Å². The number of thioether (sulfide) groups is 1. The lowest BCUT2D eigenvalue weighted by molar-refractivity contribution is -0.137. The molecule has 0 saturated carbocycles. The van der Waals surface area contributed by atoms with Crippen molar-refractivity contribution in [3.05, 3.63) is 41.0 Å². The minimum atomic E-state index is -4.33. The second kappa shape index (κ2) is 6.09. The third kappa shape index (κ3) is 4.96. The van der Waals surface area contributed by atoms with Crippen LogP contribution in [0.15, 0.2) is 24.3 Å². The highest BCUT2D eigenvalue weighted by atomic mass is 32.2. The molecule has 98 valence electrons. The Kier molecular flexibility index (Phi) is 5.02. The molecule has 0 aliphatic carbocycles. The van der Waals surface area contributed by atoms with Gasteiger partial charge in [-0.2, -0.15) is 13.2 Å².